The number of hydrogen-bond acceptors (Lipinski definition) is 8. The van der Waals surface area contributed by atoms with Gasteiger partial charge < -0.3 is 15.2 Å². The maximum Gasteiger partial charge on any atom is 0.338 e. The number of methoxy groups -OCH3 is 1. The average molecular weight is 467 g/mol. The van der Waals surface area contributed by atoms with E-state index >= 15 is 0 Å². The molecule has 4 rings (SSSR count). The van der Waals surface area contributed by atoms with Gasteiger partial charge >= 0.3 is 5.97 Å². The van der Waals surface area contributed by atoms with Gasteiger partial charge in [0.2, 0.25) is 0 Å². The van der Waals surface area contributed by atoms with Gasteiger partial charge in [-0.15, -0.1) is 0 Å². The van der Waals surface area contributed by atoms with Crippen LogP contribution in [0.25, 0.3) is 5.70 Å². The number of ether oxygens (including phenoxy) is 2. The summed E-state index contributed by atoms with van der Waals surface area (Å²) in [4.78, 5) is 20.0. The van der Waals surface area contributed by atoms with Crippen molar-refractivity contribution in [2.24, 2.45) is 10.7 Å². The topological polar surface area (TPSA) is 101 Å². The number of hydrogen-bond donors (Lipinski definition) is 1. The van der Waals surface area contributed by atoms with Crippen LogP contribution in [-0.4, -0.2) is 29.8 Å². The van der Waals surface area contributed by atoms with E-state index in [4.69, 9.17) is 31.8 Å². The molecule has 0 unspecified atom stereocenters. The predicted molar refractivity (Wildman–Crippen MR) is 124 cm³/mol. The van der Waals surface area contributed by atoms with Crippen molar-refractivity contribution in [2.75, 3.05) is 13.7 Å². The molecule has 1 atom stereocenters. The normalized spacial score (nSPS) is 17.6. The first-order chi connectivity index (χ1) is 15.5. The summed E-state index contributed by atoms with van der Waals surface area (Å²) >= 11 is 7.58. The van der Waals surface area contributed by atoms with Crippen molar-refractivity contribution >= 4 is 40.2 Å². The highest BCUT2D eigenvalue weighted by Gasteiger charge is 2.43. The summed E-state index contributed by atoms with van der Waals surface area (Å²) in [7, 11) is 1.53. The second kappa shape index (κ2) is 8.99. The first kappa shape index (κ1) is 21.8. The molecular formula is C23H19ClN4O3S. The van der Waals surface area contributed by atoms with Gasteiger partial charge in [-0.05, 0) is 36.4 Å². The molecule has 0 saturated carbocycles. The second-order valence-corrected chi connectivity index (χ2v) is 8.22. The van der Waals surface area contributed by atoms with Crippen LogP contribution in [0.5, 0.6) is 5.75 Å². The minimum atomic E-state index is -0.696. The molecule has 0 radical (unpaired) electrons. The molecule has 2 aliphatic heterocycles. The third kappa shape index (κ3) is 3.70. The van der Waals surface area contributed by atoms with Crippen molar-refractivity contribution < 1.29 is 14.3 Å². The fourth-order valence-electron chi connectivity index (χ4n) is 3.63. The molecule has 7 nitrogen and oxygen atoms in total. The Morgan fingerprint density at radius 3 is 2.69 bits per heavy atom. The van der Waals surface area contributed by atoms with Gasteiger partial charge in [0.15, 0.2) is 5.17 Å². The number of carbonyl (C=O) groups is 1. The summed E-state index contributed by atoms with van der Waals surface area (Å²) < 4.78 is 10.7. The quantitative estimate of drug-likeness (QED) is 0.650. The van der Waals surface area contributed by atoms with E-state index in [1.165, 1.54) is 7.11 Å². The SMILES string of the molecule is CCOC(=O)C1=C(c2ccccc2)N=C2SC(C#N)=C(N)N2[C@H]1c1ccc(OC)c(Cl)c1. The zero-order chi connectivity index (χ0) is 22.8. The lowest BCUT2D eigenvalue weighted by atomic mass is 9.92. The van der Waals surface area contributed by atoms with E-state index < -0.39 is 12.0 Å². The van der Waals surface area contributed by atoms with Crippen LogP contribution in [-0.2, 0) is 9.53 Å². The number of nitrogens with zero attached hydrogens (tertiary/aromatic N) is 3. The van der Waals surface area contributed by atoms with Crippen molar-refractivity contribution in [2.45, 2.75) is 13.0 Å². The average Bonchev–Trinajstić information content (AvgIpc) is 3.13. The first-order valence-electron chi connectivity index (χ1n) is 9.75. The fraction of sp³-hybridized carbons (Fsp3) is 0.174. The number of benzene rings is 2. The van der Waals surface area contributed by atoms with Gasteiger partial charge in [0, 0.05) is 5.56 Å². The minimum absolute atomic E-state index is 0.195. The Kier molecular flexibility index (Phi) is 6.12. The molecule has 0 saturated heterocycles. The van der Waals surface area contributed by atoms with Crippen molar-refractivity contribution in [1.29, 1.82) is 5.26 Å². The standard InChI is InChI=1S/C23H19ClN4O3S/c1-3-31-22(29)18-19(13-7-5-4-6-8-13)27-23-28(21(26)17(12-25)32-23)20(18)14-9-10-16(30-2)15(24)11-14/h4-11,20H,3,26H2,1-2H3/t20-/m0/s1. The van der Waals surface area contributed by atoms with Gasteiger partial charge in [0.05, 0.1) is 36.1 Å². The summed E-state index contributed by atoms with van der Waals surface area (Å²) in [5.74, 6) is 0.207. The number of halogens is 1. The molecule has 2 aliphatic rings. The third-order valence-corrected chi connectivity index (χ3v) is 6.29. The lowest BCUT2D eigenvalue weighted by Gasteiger charge is -2.35. The smallest absolute Gasteiger partial charge is 0.338 e. The van der Waals surface area contributed by atoms with Crippen LogP contribution >= 0.6 is 23.4 Å². The van der Waals surface area contributed by atoms with E-state index in [9.17, 15) is 10.1 Å². The number of amidine groups is 1. The van der Waals surface area contributed by atoms with E-state index in [2.05, 4.69) is 6.07 Å². The number of rotatable bonds is 5. The van der Waals surface area contributed by atoms with Gasteiger partial charge in [0.25, 0.3) is 0 Å². The van der Waals surface area contributed by atoms with Crippen LogP contribution in [0.3, 0.4) is 0 Å². The van der Waals surface area contributed by atoms with Crippen molar-refractivity contribution in [1.82, 2.24) is 4.90 Å². The number of allylic oxidation sites excluding steroid dienone is 1. The highest BCUT2D eigenvalue weighted by molar-refractivity contribution is 8.17. The van der Waals surface area contributed by atoms with Crippen LogP contribution < -0.4 is 10.5 Å². The second-order valence-electron chi connectivity index (χ2n) is 6.84. The number of carbonyl (C=O) groups excluding carboxylic acids is 1. The Labute approximate surface area is 194 Å². The molecule has 2 N–H and O–H groups in total. The van der Waals surface area contributed by atoms with Crippen molar-refractivity contribution in [3.63, 3.8) is 0 Å². The van der Waals surface area contributed by atoms with E-state index in [1.54, 1.807) is 24.0 Å². The Balaban J connectivity index is 2.00. The van der Waals surface area contributed by atoms with E-state index in [0.29, 0.717) is 37.7 Å². The first-order valence-corrected chi connectivity index (χ1v) is 10.9. The molecule has 9 heteroatoms. The van der Waals surface area contributed by atoms with Crippen LogP contribution in [0.4, 0.5) is 0 Å². The Hall–Kier alpha value is -3.41. The minimum Gasteiger partial charge on any atom is -0.495 e. The Bertz CT molecular complexity index is 1220. The van der Waals surface area contributed by atoms with E-state index in [-0.39, 0.29) is 12.4 Å². The van der Waals surface area contributed by atoms with Gasteiger partial charge in [0.1, 0.15) is 22.5 Å². The maximum atomic E-state index is 13.3. The summed E-state index contributed by atoms with van der Waals surface area (Å²) in [6, 6.07) is 16.0. The molecule has 0 aromatic heterocycles. The zero-order valence-electron chi connectivity index (χ0n) is 17.3. The summed E-state index contributed by atoms with van der Waals surface area (Å²) in [5.41, 5.74) is 8.54. The number of nitrogens with two attached hydrogens (primary N) is 1. The van der Waals surface area contributed by atoms with Crippen molar-refractivity contribution in [3.05, 3.63) is 81.0 Å². The third-order valence-electron chi connectivity index (χ3n) is 5.02. The summed E-state index contributed by atoms with van der Waals surface area (Å²) in [5, 5.41) is 10.4. The number of nitriles is 1. The van der Waals surface area contributed by atoms with Gasteiger partial charge in [-0.2, -0.15) is 5.26 Å². The van der Waals surface area contributed by atoms with E-state index in [1.807, 2.05) is 36.4 Å². The fourth-order valence-corrected chi connectivity index (χ4v) is 4.76. The molecule has 0 spiro atoms. The zero-order valence-corrected chi connectivity index (χ0v) is 18.9. The number of thioether (sulfide) groups is 1. The monoisotopic (exact) mass is 466 g/mol. The van der Waals surface area contributed by atoms with Crippen molar-refractivity contribution in [3.8, 4) is 11.8 Å². The highest BCUT2D eigenvalue weighted by Crippen LogP contribution is 2.48. The van der Waals surface area contributed by atoms with Crippen LogP contribution in [0.2, 0.25) is 5.02 Å². The molecular weight excluding hydrogens is 448 g/mol. The largest absolute Gasteiger partial charge is 0.495 e. The number of aliphatic imine (C=N–C) groups is 1. The summed E-state index contributed by atoms with van der Waals surface area (Å²) in [6.45, 7) is 1.94. The van der Waals surface area contributed by atoms with Gasteiger partial charge in [-0.25, -0.2) is 9.79 Å². The molecule has 0 bridgehead atoms. The lowest BCUT2D eigenvalue weighted by Crippen LogP contribution is -2.38. The van der Waals surface area contributed by atoms with Crippen LogP contribution in [0.15, 0.2) is 69.8 Å². The molecule has 162 valence electrons. The number of esters is 1. The Morgan fingerprint density at radius 1 is 1.31 bits per heavy atom. The van der Waals surface area contributed by atoms with Crippen LogP contribution in [0, 0.1) is 11.3 Å². The van der Waals surface area contributed by atoms with E-state index in [0.717, 1.165) is 17.3 Å². The highest BCUT2D eigenvalue weighted by atomic mass is 35.5. The summed E-state index contributed by atoms with van der Waals surface area (Å²) in [6.07, 6.45) is 0. The van der Waals surface area contributed by atoms with Crippen LogP contribution in [0.1, 0.15) is 24.1 Å². The Morgan fingerprint density at radius 2 is 2.06 bits per heavy atom. The molecule has 0 aliphatic carbocycles. The number of fused-ring (bicyclic) bond motifs is 1. The predicted octanol–water partition coefficient (Wildman–Crippen LogP) is 4.43. The lowest BCUT2D eigenvalue weighted by molar-refractivity contribution is -0.139. The molecule has 2 aromatic rings. The molecule has 32 heavy (non-hydrogen) atoms. The van der Waals surface area contributed by atoms with Gasteiger partial charge in [-0.3, -0.25) is 4.90 Å². The molecule has 0 fully saturated rings. The molecule has 2 heterocycles. The maximum absolute atomic E-state index is 13.3. The molecule has 0 amide bonds. The van der Waals surface area contributed by atoms with Gasteiger partial charge in [-0.1, -0.05) is 48.0 Å². The molecule has 2 aromatic carbocycles.